The third-order valence-electron chi connectivity index (χ3n) is 4.33. The summed E-state index contributed by atoms with van der Waals surface area (Å²) < 4.78 is 21.4. The van der Waals surface area contributed by atoms with Gasteiger partial charge in [-0.1, -0.05) is 0 Å². The second-order valence-electron chi connectivity index (χ2n) is 6.29. The summed E-state index contributed by atoms with van der Waals surface area (Å²) in [4.78, 5) is 14.2. The fourth-order valence-electron chi connectivity index (χ4n) is 2.98. The summed E-state index contributed by atoms with van der Waals surface area (Å²) in [7, 11) is 1.60. The molecule has 28 heavy (non-hydrogen) atoms. The van der Waals surface area contributed by atoms with E-state index in [9.17, 15) is 9.90 Å². The Morgan fingerprint density at radius 1 is 1.07 bits per heavy atom. The van der Waals surface area contributed by atoms with E-state index in [0.717, 1.165) is 22.1 Å². The van der Waals surface area contributed by atoms with Crippen molar-refractivity contribution in [2.75, 3.05) is 7.11 Å². The first-order valence-corrected chi connectivity index (χ1v) is 8.58. The molecule has 2 heterocycles. The van der Waals surface area contributed by atoms with E-state index in [1.807, 2.05) is 25.1 Å². The molecule has 2 N–H and O–H groups in total. The highest BCUT2D eigenvalue weighted by Gasteiger charge is 2.12. The number of furan rings is 1. The van der Waals surface area contributed by atoms with E-state index in [1.54, 1.807) is 31.4 Å². The topological polar surface area (TPSA) is 96.0 Å². The van der Waals surface area contributed by atoms with E-state index in [1.165, 1.54) is 6.07 Å². The molecule has 0 unspecified atom stereocenters. The minimum absolute atomic E-state index is 0.0393. The van der Waals surface area contributed by atoms with Crippen LogP contribution < -0.4 is 15.4 Å². The van der Waals surface area contributed by atoms with E-state index in [-0.39, 0.29) is 6.61 Å². The van der Waals surface area contributed by atoms with Crippen LogP contribution in [0.2, 0.25) is 0 Å². The molecule has 0 radical (unpaired) electrons. The maximum Gasteiger partial charge on any atom is 0.551 e. The first-order chi connectivity index (χ1) is 13.5. The molecule has 0 amide bonds. The van der Waals surface area contributed by atoms with Crippen LogP contribution in [0, 0.1) is 6.92 Å². The Morgan fingerprint density at radius 3 is 2.75 bits per heavy atom. The molecule has 0 fully saturated rings. The monoisotopic (exact) mass is 380 g/mol. The zero-order chi connectivity index (χ0) is 19.7. The Bertz CT molecular complexity index is 1250. The molecular formula is C21H18NO6+. The Morgan fingerprint density at radius 2 is 1.93 bits per heavy atom. The normalized spacial score (nSPS) is 11.9. The van der Waals surface area contributed by atoms with Crippen LogP contribution in [0.4, 0.5) is 5.69 Å². The largest absolute Gasteiger partial charge is 0.551 e. The Labute approximate surface area is 159 Å². The Kier molecular flexibility index (Phi) is 4.49. The first-order valence-electron chi connectivity index (χ1n) is 8.58. The predicted molar refractivity (Wildman–Crippen MR) is 103 cm³/mol. The molecule has 4 rings (SSSR count). The highest BCUT2D eigenvalue weighted by Crippen LogP contribution is 2.24. The second kappa shape index (κ2) is 7.11. The van der Waals surface area contributed by atoms with Crippen molar-refractivity contribution in [3.63, 3.8) is 0 Å². The summed E-state index contributed by atoms with van der Waals surface area (Å²) in [5.74, 6) is 1.28. The summed E-state index contributed by atoms with van der Waals surface area (Å²) in [6, 6.07) is 13.9. The van der Waals surface area contributed by atoms with Crippen molar-refractivity contribution in [2.24, 2.45) is 0 Å². The molecule has 2 aromatic carbocycles. The Hall–Kier alpha value is -3.74. The standard InChI is InChI=1S/C21H17NO6/c1-12-7-20(23)28-19-10-14(3-5-17(12)19)22-21(24)26-11-16-9-13-8-15(25-2)4-6-18(13)27-16/h3-10H,11H2,1-2H3,(H,22,24)/p+1. The number of rotatable bonds is 4. The summed E-state index contributed by atoms with van der Waals surface area (Å²) in [6.45, 7) is 1.87. The Balaban J connectivity index is 1.51. The molecular weight excluding hydrogens is 362 g/mol. The van der Waals surface area contributed by atoms with E-state index >= 15 is 0 Å². The van der Waals surface area contributed by atoms with Crippen LogP contribution in [0.25, 0.3) is 21.9 Å². The van der Waals surface area contributed by atoms with Gasteiger partial charge in [0.2, 0.25) is 5.69 Å². The van der Waals surface area contributed by atoms with Crippen LogP contribution in [0.15, 0.2) is 62.2 Å². The highest BCUT2D eigenvalue weighted by molar-refractivity contribution is 5.82. The molecule has 0 spiro atoms. The number of hydrogen-bond acceptors (Lipinski definition) is 5. The predicted octanol–water partition coefficient (Wildman–Crippen LogP) is 2.70. The minimum Gasteiger partial charge on any atom is -0.497 e. The lowest BCUT2D eigenvalue weighted by Crippen LogP contribution is -2.67. The average molecular weight is 380 g/mol. The number of hydrogen-bond donors (Lipinski definition) is 2. The number of aryl methyl sites for hydroxylation is 1. The third-order valence-corrected chi connectivity index (χ3v) is 4.33. The number of methoxy groups -OCH3 is 1. The number of aliphatic hydroxyl groups is 1. The molecule has 7 nitrogen and oxygen atoms in total. The molecule has 0 aliphatic rings. The fourth-order valence-corrected chi connectivity index (χ4v) is 2.98. The number of ether oxygens (including phenoxy) is 2. The second-order valence-corrected chi connectivity index (χ2v) is 6.29. The molecule has 142 valence electrons. The average Bonchev–Trinajstić information content (AvgIpc) is 3.08. The van der Waals surface area contributed by atoms with Crippen molar-refractivity contribution in [3.8, 4) is 5.75 Å². The molecule has 0 aliphatic heterocycles. The van der Waals surface area contributed by atoms with Crippen LogP contribution >= 0.6 is 0 Å². The van der Waals surface area contributed by atoms with Crippen LogP contribution in [0.1, 0.15) is 11.3 Å². The molecule has 0 saturated carbocycles. The van der Waals surface area contributed by atoms with Gasteiger partial charge >= 0.3 is 11.7 Å². The molecule has 0 bridgehead atoms. The van der Waals surface area contributed by atoms with E-state index in [2.05, 4.69) is 4.99 Å². The highest BCUT2D eigenvalue weighted by atomic mass is 16.6. The molecule has 0 saturated heterocycles. The van der Waals surface area contributed by atoms with Gasteiger partial charge in [0.05, 0.1) is 13.2 Å². The van der Waals surface area contributed by atoms with Crippen molar-refractivity contribution >= 4 is 33.7 Å². The zero-order valence-electron chi connectivity index (χ0n) is 15.3. The van der Waals surface area contributed by atoms with Crippen molar-refractivity contribution < 1.29 is 28.4 Å². The first kappa shape index (κ1) is 17.7. The van der Waals surface area contributed by atoms with Crippen LogP contribution in [-0.4, -0.2) is 18.3 Å². The number of nitrogens with one attached hydrogen (secondary N) is 1. The van der Waals surface area contributed by atoms with E-state index < -0.39 is 11.7 Å². The lowest BCUT2D eigenvalue weighted by atomic mass is 10.1. The lowest BCUT2D eigenvalue weighted by molar-refractivity contribution is -0.382. The van der Waals surface area contributed by atoms with Gasteiger partial charge in [0, 0.05) is 22.9 Å². The quantitative estimate of drug-likeness (QED) is 0.321. The number of benzene rings is 2. The van der Waals surface area contributed by atoms with Crippen molar-refractivity contribution in [1.29, 1.82) is 0 Å². The molecule has 2 aromatic heterocycles. The van der Waals surface area contributed by atoms with Gasteiger partial charge in [-0.3, -0.25) is 0 Å². The number of fused-ring (bicyclic) bond motifs is 2. The van der Waals surface area contributed by atoms with Gasteiger partial charge < -0.3 is 23.4 Å². The smallest absolute Gasteiger partial charge is 0.497 e. The number of aliphatic hydroxyl groups excluding tert-OH is 1. The van der Waals surface area contributed by atoms with Crippen molar-refractivity contribution in [2.45, 2.75) is 13.5 Å². The van der Waals surface area contributed by atoms with Gasteiger partial charge in [-0.15, -0.1) is 4.99 Å². The maximum absolute atomic E-state index is 11.5. The summed E-state index contributed by atoms with van der Waals surface area (Å²) >= 11 is 0. The molecule has 0 aliphatic carbocycles. The van der Waals surface area contributed by atoms with Gasteiger partial charge in [0.1, 0.15) is 22.7 Å². The van der Waals surface area contributed by atoms with Crippen molar-refractivity contribution in [3.05, 3.63) is 70.3 Å². The molecule has 0 atom stereocenters. The minimum atomic E-state index is -0.423. The van der Waals surface area contributed by atoms with E-state index in [0.29, 0.717) is 22.6 Å². The maximum atomic E-state index is 11.5. The molecule has 4 aromatic rings. The van der Waals surface area contributed by atoms with Gasteiger partial charge in [0.15, 0.2) is 6.61 Å². The van der Waals surface area contributed by atoms with Crippen LogP contribution in [0.3, 0.4) is 0 Å². The van der Waals surface area contributed by atoms with Gasteiger partial charge in [-0.25, -0.2) is 4.79 Å². The summed E-state index contributed by atoms with van der Waals surface area (Å²) in [5.41, 5.74) is 2.05. The van der Waals surface area contributed by atoms with E-state index in [4.69, 9.17) is 18.3 Å². The summed E-state index contributed by atoms with van der Waals surface area (Å²) in [6.07, 6.45) is -0.396. The SMILES string of the molecule is COc1ccc2oc(COC(O)=[NH+]c3ccc4c(C)cc(=O)oc4c3)cc2c1. The van der Waals surface area contributed by atoms with Crippen molar-refractivity contribution in [1.82, 2.24) is 0 Å². The van der Waals surface area contributed by atoms with Gasteiger partial charge in [0.25, 0.3) is 0 Å². The van der Waals surface area contributed by atoms with Gasteiger partial charge in [-0.2, -0.15) is 0 Å². The van der Waals surface area contributed by atoms with Crippen LogP contribution in [-0.2, 0) is 11.3 Å². The summed E-state index contributed by atoms with van der Waals surface area (Å²) in [5, 5.41) is 11.7. The fraction of sp³-hybridized carbons (Fsp3) is 0.143. The zero-order valence-corrected chi connectivity index (χ0v) is 15.3. The van der Waals surface area contributed by atoms with Crippen LogP contribution in [0.5, 0.6) is 5.75 Å². The lowest BCUT2D eigenvalue weighted by Gasteiger charge is -1.99. The molecule has 7 heteroatoms. The van der Waals surface area contributed by atoms with Gasteiger partial charge in [-0.05, 0) is 42.8 Å². The third kappa shape index (κ3) is 3.55.